The molecule has 1 fully saturated rings. The normalized spacial score (nSPS) is 21.9. The molecule has 0 N–H and O–H groups in total. The van der Waals surface area contributed by atoms with Crippen molar-refractivity contribution in [3.63, 3.8) is 0 Å². The van der Waals surface area contributed by atoms with Crippen LogP contribution in [0.1, 0.15) is 193 Å². The van der Waals surface area contributed by atoms with Gasteiger partial charge in [-0.15, -0.1) is 0 Å². The summed E-state index contributed by atoms with van der Waals surface area (Å²) >= 11 is 8.52. The Kier molecular flexibility index (Phi) is 12.9. The molecule has 2 atom stereocenters. The van der Waals surface area contributed by atoms with Crippen LogP contribution in [0, 0.1) is 0 Å². The Morgan fingerprint density at radius 3 is 1.18 bits per heavy atom. The largest absolute Gasteiger partial charge is 0.334 e. The van der Waals surface area contributed by atoms with Crippen molar-refractivity contribution in [2.24, 2.45) is 0 Å². The minimum atomic E-state index is -0.148. The molecule has 0 spiro atoms. The number of anilines is 8. The number of hydrogen-bond donors (Lipinski definition) is 0. The topological polar surface area (TPSA) is 9.72 Å². The first-order valence-corrected chi connectivity index (χ1v) is 29.2. The van der Waals surface area contributed by atoms with E-state index in [0.717, 1.165) is 74.2 Å². The molecule has 3 nitrogen and oxygen atoms in total. The third-order valence-corrected chi connectivity index (χ3v) is 19.5. The number of nitrogens with zero attached hydrogens (tertiary/aromatic N) is 3. The number of hydrogen-bond acceptors (Lipinski definition) is 3. The van der Waals surface area contributed by atoms with Gasteiger partial charge in [0.1, 0.15) is 0 Å². The standard InChI is InChI=1S/C68H80ClN3/c1-66(2,3)55-32-37-62-61(44-55)67(4)38-18-19-39-68(67,5)72(62)60-45-63(70(56-33-28-47-20-10-6-14-24-51(47)40-56)57-34-29-48-21-11-7-15-25-52(48)41-57)65(69)64(46-60)71(58-35-30-49-22-12-8-16-26-53(49)42-58)59-36-31-50-23-13-9-17-27-54(50)43-59/h28-37,40-46H,6-27,38-39H2,1-5H3. The van der Waals surface area contributed by atoms with Gasteiger partial charge in [0.2, 0.25) is 0 Å². The van der Waals surface area contributed by atoms with Gasteiger partial charge in [0.15, 0.2) is 0 Å². The van der Waals surface area contributed by atoms with Gasteiger partial charge in [0, 0.05) is 39.5 Å². The summed E-state index contributed by atoms with van der Waals surface area (Å²) < 4.78 is 0. The lowest BCUT2D eigenvalue weighted by Crippen LogP contribution is -2.54. The monoisotopic (exact) mass is 974 g/mol. The maximum Gasteiger partial charge on any atom is 0.0888 e. The lowest BCUT2D eigenvalue weighted by atomic mass is 9.61. The Morgan fingerprint density at radius 1 is 0.417 bits per heavy atom. The quantitative estimate of drug-likeness (QED) is 0.148. The fraction of sp³-hybridized carbons (Fsp3) is 0.471. The van der Waals surface area contributed by atoms with E-state index in [1.807, 2.05) is 0 Å². The van der Waals surface area contributed by atoms with Crippen LogP contribution in [-0.2, 0) is 62.2 Å². The van der Waals surface area contributed by atoms with Gasteiger partial charge in [-0.2, -0.15) is 0 Å². The molecule has 1 aliphatic heterocycles. The summed E-state index contributed by atoms with van der Waals surface area (Å²) in [4.78, 5) is 7.98. The number of aryl methyl sites for hydroxylation is 8. The van der Waals surface area contributed by atoms with Crippen molar-refractivity contribution in [2.45, 2.75) is 205 Å². The molecule has 12 rings (SSSR count). The molecular formula is C68H80ClN3. The molecule has 0 bridgehead atoms. The fourth-order valence-electron chi connectivity index (χ4n) is 14.6. The zero-order chi connectivity index (χ0) is 49.2. The predicted octanol–water partition coefficient (Wildman–Crippen LogP) is 19.4. The number of rotatable bonds is 7. The lowest BCUT2D eigenvalue weighted by Gasteiger charge is -2.50. The van der Waals surface area contributed by atoms with Gasteiger partial charge in [-0.3, -0.25) is 0 Å². The first-order chi connectivity index (χ1) is 35.0. The van der Waals surface area contributed by atoms with Crippen LogP contribution in [0.3, 0.4) is 0 Å². The van der Waals surface area contributed by atoms with Gasteiger partial charge in [0.25, 0.3) is 0 Å². The summed E-state index contributed by atoms with van der Waals surface area (Å²) in [6.45, 7) is 12.3. The lowest BCUT2D eigenvalue weighted by molar-refractivity contribution is 0.195. The van der Waals surface area contributed by atoms with E-state index in [0.29, 0.717) is 0 Å². The highest BCUT2D eigenvalue weighted by atomic mass is 35.5. The van der Waals surface area contributed by atoms with E-state index in [2.05, 4.69) is 152 Å². The number of halogens is 1. The minimum Gasteiger partial charge on any atom is -0.334 e. The Labute approximate surface area is 438 Å². The van der Waals surface area contributed by atoms with Gasteiger partial charge >= 0.3 is 0 Å². The van der Waals surface area contributed by atoms with Crippen molar-refractivity contribution in [1.82, 2.24) is 0 Å². The Bertz CT molecular complexity index is 2740. The highest BCUT2D eigenvalue weighted by Gasteiger charge is 2.58. The molecule has 6 aliphatic rings. The van der Waals surface area contributed by atoms with Gasteiger partial charge in [-0.25, -0.2) is 0 Å². The van der Waals surface area contributed by atoms with Gasteiger partial charge < -0.3 is 14.7 Å². The third-order valence-electron chi connectivity index (χ3n) is 19.1. The van der Waals surface area contributed by atoms with Crippen molar-refractivity contribution in [3.8, 4) is 0 Å². The summed E-state index contributed by atoms with van der Waals surface area (Å²) in [7, 11) is 0. The molecule has 0 radical (unpaired) electrons. The van der Waals surface area contributed by atoms with E-state index >= 15 is 0 Å². The Morgan fingerprint density at radius 2 is 0.792 bits per heavy atom. The van der Waals surface area contributed by atoms with E-state index in [1.165, 1.54) is 186 Å². The van der Waals surface area contributed by atoms with Crippen LogP contribution in [-0.4, -0.2) is 5.54 Å². The van der Waals surface area contributed by atoms with Crippen LogP contribution in [0.5, 0.6) is 0 Å². The van der Waals surface area contributed by atoms with Gasteiger partial charge in [-0.05, 0) is 250 Å². The second-order valence-electron chi connectivity index (χ2n) is 24.7. The molecule has 72 heavy (non-hydrogen) atoms. The van der Waals surface area contributed by atoms with Crippen LogP contribution in [0.15, 0.2) is 103 Å². The van der Waals surface area contributed by atoms with E-state index in [9.17, 15) is 0 Å². The number of fused-ring (bicyclic) bond motifs is 7. The first kappa shape index (κ1) is 48.0. The highest BCUT2D eigenvalue weighted by Crippen LogP contribution is 2.63. The molecule has 1 saturated carbocycles. The SMILES string of the molecule is CC(C)(C)c1ccc2c(c1)C1(C)CCCCC1(C)N2c1cc(N(c2ccc3c(c2)CCCCC3)c2ccc3c(c2)CCCCC3)c(Cl)c(N(c2ccc3c(c2)CCCCC3)c2ccc3c(c2)CCCCC3)c1. The summed E-state index contributed by atoms with van der Waals surface area (Å²) in [5.41, 5.74) is 24.4. The van der Waals surface area contributed by atoms with E-state index in [4.69, 9.17) is 11.6 Å². The average Bonchev–Trinajstić information content (AvgIpc) is 3.89. The van der Waals surface area contributed by atoms with Gasteiger partial charge in [-0.1, -0.05) is 114 Å². The Hall–Kier alpha value is -4.99. The maximum absolute atomic E-state index is 8.52. The molecule has 6 aromatic rings. The second-order valence-corrected chi connectivity index (χ2v) is 25.0. The van der Waals surface area contributed by atoms with Crippen LogP contribution < -0.4 is 14.7 Å². The molecule has 1 heterocycles. The van der Waals surface area contributed by atoms with Crippen LogP contribution in [0.4, 0.5) is 45.5 Å². The average molecular weight is 975 g/mol. The van der Waals surface area contributed by atoms with Gasteiger partial charge in [0.05, 0.1) is 21.9 Å². The third kappa shape index (κ3) is 8.60. The molecule has 5 aliphatic carbocycles. The first-order valence-electron chi connectivity index (χ1n) is 28.8. The van der Waals surface area contributed by atoms with E-state index in [1.54, 1.807) is 0 Å². The molecule has 2 unspecified atom stereocenters. The van der Waals surface area contributed by atoms with Crippen molar-refractivity contribution in [2.75, 3.05) is 14.7 Å². The smallest absolute Gasteiger partial charge is 0.0888 e. The summed E-state index contributed by atoms with van der Waals surface area (Å²) in [6.07, 6.45) is 29.2. The molecular weight excluding hydrogens is 894 g/mol. The maximum atomic E-state index is 8.52. The number of benzene rings is 6. The molecule has 0 amide bonds. The van der Waals surface area contributed by atoms with Crippen molar-refractivity contribution in [1.29, 1.82) is 0 Å². The highest BCUT2D eigenvalue weighted by molar-refractivity contribution is 6.37. The zero-order valence-corrected chi connectivity index (χ0v) is 45.3. The predicted molar refractivity (Wildman–Crippen MR) is 307 cm³/mol. The van der Waals surface area contributed by atoms with Crippen molar-refractivity contribution in [3.05, 3.63) is 164 Å². The Balaban J connectivity index is 1.15. The zero-order valence-electron chi connectivity index (χ0n) is 44.5. The molecule has 374 valence electrons. The van der Waals surface area contributed by atoms with Crippen LogP contribution in [0.25, 0.3) is 0 Å². The second kappa shape index (κ2) is 19.4. The summed E-state index contributed by atoms with van der Waals surface area (Å²) in [6, 6.07) is 42.3. The van der Waals surface area contributed by atoms with E-state index < -0.39 is 0 Å². The fourth-order valence-corrected chi connectivity index (χ4v) is 14.9. The minimum absolute atomic E-state index is 0.0246. The summed E-state index contributed by atoms with van der Waals surface area (Å²) in [5, 5.41) is 0.799. The van der Waals surface area contributed by atoms with Crippen LogP contribution in [0.2, 0.25) is 5.02 Å². The van der Waals surface area contributed by atoms with Crippen molar-refractivity contribution >= 4 is 57.1 Å². The molecule has 6 aromatic carbocycles. The molecule has 4 heteroatoms. The molecule has 0 aromatic heterocycles. The summed E-state index contributed by atoms with van der Waals surface area (Å²) in [5.74, 6) is 0. The van der Waals surface area contributed by atoms with E-state index in [-0.39, 0.29) is 16.4 Å². The molecule has 0 saturated heterocycles. The van der Waals surface area contributed by atoms with Crippen molar-refractivity contribution < 1.29 is 0 Å². The van der Waals surface area contributed by atoms with Crippen LogP contribution >= 0.6 is 11.6 Å².